The molecule has 3 aromatic rings. The van der Waals surface area contributed by atoms with Gasteiger partial charge in [0.05, 0.1) is 19.5 Å². The van der Waals surface area contributed by atoms with Gasteiger partial charge < -0.3 is 14.6 Å². The highest BCUT2D eigenvalue weighted by atomic mass is 16.5. The van der Waals surface area contributed by atoms with Crippen molar-refractivity contribution in [2.45, 2.75) is 52.1 Å². The average molecular weight is 426 g/mol. The molecule has 8 nitrogen and oxygen atoms in total. The highest BCUT2D eigenvalue weighted by Gasteiger charge is 2.18. The predicted octanol–water partition coefficient (Wildman–Crippen LogP) is 2.01. The van der Waals surface area contributed by atoms with Crippen molar-refractivity contribution in [2.24, 2.45) is 14.1 Å². The van der Waals surface area contributed by atoms with Crippen LogP contribution in [0, 0.1) is 13.8 Å². The first kappa shape index (κ1) is 21.4. The number of nitrogens with zero attached hydrogens (tertiary/aromatic N) is 4. The van der Waals surface area contributed by atoms with Crippen molar-refractivity contribution in [1.82, 2.24) is 24.0 Å². The van der Waals surface area contributed by atoms with Crippen LogP contribution in [0.4, 0.5) is 0 Å². The third kappa shape index (κ3) is 4.17. The molecule has 31 heavy (non-hydrogen) atoms. The van der Waals surface area contributed by atoms with Gasteiger partial charge in [-0.15, -0.1) is 0 Å². The standard InChI is InChI=1S/C23H31N5O3/c1-15-11-16(2)20(31-10-8-18-7-5-6-9-24-18)17(12-15)13-28-22(29)19-21(25-14-26(19)3)27(4)23(28)30/h11-12,14,18,24H,5-10,13H2,1-4H3. The minimum Gasteiger partial charge on any atom is -0.493 e. The van der Waals surface area contributed by atoms with Crippen molar-refractivity contribution in [3.05, 3.63) is 56.0 Å². The van der Waals surface area contributed by atoms with Crippen LogP contribution in [0.5, 0.6) is 5.75 Å². The Hall–Kier alpha value is -2.87. The number of nitrogens with one attached hydrogen (secondary N) is 1. The molecule has 0 radical (unpaired) electrons. The maximum atomic E-state index is 13.1. The molecule has 0 aliphatic carbocycles. The quantitative estimate of drug-likeness (QED) is 0.653. The number of ether oxygens (including phenoxy) is 1. The number of imidazole rings is 1. The Morgan fingerprint density at radius 1 is 1.19 bits per heavy atom. The first-order valence-corrected chi connectivity index (χ1v) is 10.9. The summed E-state index contributed by atoms with van der Waals surface area (Å²) < 4.78 is 10.6. The predicted molar refractivity (Wildman–Crippen MR) is 121 cm³/mol. The van der Waals surface area contributed by atoms with E-state index in [0.717, 1.165) is 35.4 Å². The van der Waals surface area contributed by atoms with E-state index in [1.807, 2.05) is 19.9 Å². The van der Waals surface area contributed by atoms with Gasteiger partial charge in [-0.1, -0.05) is 24.1 Å². The normalized spacial score (nSPS) is 16.7. The van der Waals surface area contributed by atoms with Crippen LogP contribution in [-0.4, -0.2) is 37.9 Å². The van der Waals surface area contributed by atoms with E-state index in [9.17, 15) is 9.59 Å². The number of piperidine rings is 1. The summed E-state index contributed by atoms with van der Waals surface area (Å²) in [5, 5.41) is 3.55. The van der Waals surface area contributed by atoms with E-state index in [4.69, 9.17) is 4.74 Å². The second-order valence-corrected chi connectivity index (χ2v) is 8.61. The number of hydrogen-bond acceptors (Lipinski definition) is 5. The number of fused-ring (bicyclic) bond motifs is 1. The molecule has 0 amide bonds. The van der Waals surface area contributed by atoms with Crippen molar-refractivity contribution in [2.75, 3.05) is 13.2 Å². The van der Waals surface area contributed by atoms with Crippen LogP contribution in [0.1, 0.15) is 42.4 Å². The minimum absolute atomic E-state index is 0.159. The number of aromatic nitrogens is 4. The van der Waals surface area contributed by atoms with Crippen molar-refractivity contribution < 1.29 is 4.74 Å². The van der Waals surface area contributed by atoms with Gasteiger partial charge in [0.1, 0.15) is 5.75 Å². The Labute approximate surface area is 181 Å². The summed E-state index contributed by atoms with van der Waals surface area (Å²) in [6.45, 7) is 5.85. The fourth-order valence-electron chi connectivity index (χ4n) is 4.55. The molecule has 1 saturated heterocycles. The van der Waals surface area contributed by atoms with Gasteiger partial charge in [-0.05, 0) is 45.2 Å². The molecule has 1 aliphatic rings. The van der Waals surface area contributed by atoms with E-state index in [0.29, 0.717) is 23.8 Å². The van der Waals surface area contributed by atoms with E-state index < -0.39 is 0 Å². The average Bonchev–Trinajstić information content (AvgIpc) is 3.14. The lowest BCUT2D eigenvalue weighted by Gasteiger charge is -2.24. The van der Waals surface area contributed by atoms with Crippen molar-refractivity contribution in [3.63, 3.8) is 0 Å². The molecule has 1 atom stereocenters. The van der Waals surface area contributed by atoms with E-state index >= 15 is 0 Å². The van der Waals surface area contributed by atoms with Crippen LogP contribution in [0.15, 0.2) is 28.0 Å². The zero-order chi connectivity index (χ0) is 22.1. The van der Waals surface area contributed by atoms with E-state index in [1.165, 1.54) is 28.4 Å². The molecule has 0 bridgehead atoms. The van der Waals surface area contributed by atoms with Crippen LogP contribution >= 0.6 is 0 Å². The molecule has 8 heteroatoms. The zero-order valence-electron chi connectivity index (χ0n) is 18.8. The van der Waals surface area contributed by atoms with Crippen LogP contribution in [0.3, 0.4) is 0 Å². The summed E-state index contributed by atoms with van der Waals surface area (Å²) in [4.78, 5) is 30.3. The molecule has 1 N–H and O–H groups in total. The summed E-state index contributed by atoms with van der Waals surface area (Å²) >= 11 is 0. The molecule has 0 saturated carbocycles. The molecule has 3 heterocycles. The van der Waals surface area contributed by atoms with E-state index in [-0.39, 0.29) is 17.8 Å². The Bertz CT molecular complexity index is 1210. The first-order valence-electron chi connectivity index (χ1n) is 10.9. The molecule has 1 fully saturated rings. The van der Waals surface area contributed by atoms with Gasteiger partial charge in [-0.3, -0.25) is 13.9 Å². The molecule has 1 aliphatic heterocycles. The Balaban J connectivity index is 1.66. The molecule has 2 aromatic heterocycles. The second kappa shape index (κ2) is 8.70. The second-order valence-electron chi connectivity index (χ2n) is 8.61. The Morgan fingerprint density at radius 2 is 2.00 bits per heavy atom. The van der Waals surface area contributed by atoms with Crippen molar-refractivity contribution in [3.8, 4) is 5.75 Å². The molecular formula is C23H31N5O3. The highest BCUT2D eigenvalue weighted by molar-refractivity contribution is 5.69. The van der Waals surface area contributed by atoms with Gasteiger partial charge in [-0.2, -0.15) is 0 Å². The van der Waals surface area contributed by atoms with Crippen LogP contribution < -0.4 is 21.3 Å². The molecule has 1 unspecified atom stereocenters. The summed E-state index contributed by atoms with van der Waals surface area (Å²) in [7, 11) is 3.40. The van der Waals surface area contributed by atoms with Crippen LogP contribution in [0.2, 0.25) is 0 Å². The van der Waals surface area contributed by atoms with Crippen molar-refractivity contribution in [1.29, 1.82) is 0 Å². The largest absolute Gasteiger partial charge is 0.493 e. The third-order valence-corrected chi connectivity index (χ3v) is 6.15. The number of hydrogen-bond donors (Lipinski definition) is 1. The molecule has 4 rings (SSSR count). The smallest absolute Gasteiger partial charge is 0.332 e. The number of benzene rings is 1. The maximum Gasteiger partial charge on any atom is 0.332 e. The zero-order valence-corrected chi connectivity index (χ0v) is 18.8. The topological polar surface area (TPSA) is 83.1 Å². The molecule has 1 aromatic carbocycles. The number of aryl methyl sites for hydroxylation is 4. The maximum absolute atomic E-state index is 13.1. The fraction of sp³-hybridized carbons (Fsp3) is 0.522. The minimum atomic E-state index is -0.382. The van der Waals surface area contributed by atoms with Crippen LogP contribution in [-0.2, 0) is 20.6 Å². The van der Waals surface area contributed by atoms with Gasteiger partial charge >= 0.3 is 5.69 Å². The SMILES string of the molecule is Cc1cc(C)c(OCCC2CCCCN2)c(Cn2c(=O)c3c(ncn3C)n(C)c2=O)c1. The first-order chi connectivity index (χ1) is 14.9. The van der Waals surface area contributed by atoms with Gasteiger partial charge in [0.15, 0.2) is 11.2 Å². The summed E-state index contributed by atoms with van der Waals surface area (Å²) in [6, 6.07) is 4.56. The summed E-state index contributed by atoms with van der Waals surface area (Å²) in [6.07, 6.45) is 6.17. The molecule has 166 valence electrons. The Morgan fingerprint density at radius 3 is 2.74 bits per heavy atom. The third-order valence-electron chi connectivity index (χ3n) is 6.15. The van der Waals surface area contributed by atoms with E-state index in [2.05, 4.69) is 16.4 Å². The lowest BCUT2D eigenvalue weighted by molar-refractivity contribution is 0.264. The monoisotopic (exact) mass is 425 g/mol. The molecular weight excluding hydrogens is 394 g/mol. The van der Waals surface area contributed by atoms with Gasteiger partial charge in [0.25, 0.3) is 5.56 Å². The van der Waals surface area contributed by atoms with Crippen molar-refractivity contribution >= 4 is 11.2 Å². The number of rotatable bonds is 6. The van der Waals surface area contributed by atoms with Gasteiger partial charge in [-0.25, -0.2) is 9.78 Å². The lowest BCUT2D eigenvalue weighted by Crippen LogP contribution is -2.40. The summed E-state index contributed by atoms with van der Waals surface area (Å²) in [5.74, 6) is 0.764. The Kier molecular flexibility index (Phi) is 6.00. The highest BCUT2D eigenvalue weighted by Crippen LogP contribution is 2.26. The van der Waals surface area contributed by atoms with Gasteiger partial charge in [0, 0.05) is 25.7 Å². The molecule has 0 spiro atoms. The summed E-state index contributed by atoms with van der Waals surface area (Å²) in [5.41, 5.74) is 3.01. The fourth-order valence-corrected chi connectivity index (χ4v) is 4.55. The van der Waals surface area contributed by atoms with Gasteiger partial charge in [0.2, 0.25) is 0 Å². The lowest BCUT2D eigenvalue weighted by atomic mass is 10.0. The van der Waals surface area contributed by atoms with E-state index in [1.54, 1.807) is 25.0 Å². The van der Waals surface area contributed by atoms with Crippen LogP contribution in [0.25, 0.3) is 11.2 Å².